The van der Waals surface area contributed by atoms with Gasteiger partial charge in [-0.25, -0.2) is 4.98 Å². The first-order valence-corrected chi connectivity index (χ1v) is 8.40. The molecule has 0 bridgehead atoms. The van der Waals surface area contributed by atoms with E-state index in [2.05, 4.69) is 10.3 Å². The van der Waals surface area contributed by atoms with E-state index in [9.17, 15) is 9.59 Å². The lowest BCUT2D eigenvalue weighted by atomic mass is 10.1. The lowest BCUT2D eigenvalue weighted by Gasteiger charge is -2.18. The largest absolute Gasteiger partial charge is 0.492 e. The Bertz CT molecular complexity index is 910. The number of aromatic nitrogens is 1. The van der Waals surface area contributed by atoms with Gasteiger partial charge in [0.25, 0.3) is 5.24 Å². The fraction of sp³-hybridized carbons (Fsp3) is 0.278. The molecular weight excluding hydrogens is 338 g/mol. The summed E-state index contributed by atoms with van der Waals surface area (Å²) in [6, 6.07) is 11.1. The minimum Gasteiger partial charge on any atom is -0.492 e. The number of nitrogens with zero attached hydrogens (tertiary/aromatic N) is 2. The molecule has 1 aliphatic rings. The second-order valence-electron chi connectivity index (χ2n) is 5.25. The van der Waals surface area contributed by atoms with Crippen LogP contribution in [0.2, 0.25) is 0 Å². The molecule has 0 saturated carbocycles. The van der Waals surface area contributed by atoms with Crippen molar-refractivity contribution in [3.05, 3.63) is 54.2 Å². The summed E-state index contributed by atoms with van der Waals surface area (Å²) in [7, 11) is 0. The van der Waals surface area contributed by atoms with E-state index in [4.69, 9.17) is 11.6 Å². The molecule has 2 aromatic rings. The summed E-state index contributed by atoms with van der Waals surface area (Å²) in [4.78, 5) is 27.8. The molecule has 7 heteroatoms. The van der Waals surface area contributed by atoms with Gasteiger partial charge in [0.05, 0.1) is 14.5 Å². The second kappa shape index (κ2) is 8.02. The van der Waals surface area contributed by atoms with Crippen LogP contribution in [0.25, 0.3) is 0 Å². The first-order valence-electron chi connectivity index (χ1n) is 10.0. The van der Waals surface area contributed by atoms with Crippen molar-refractivity contribution in [2.24, 2.45) is 0 Å². The van der Waals surface area contributed by atoms with Gasteiger partial charge in [-0.3, -0.25) is 14.9 Å². The fourth-order valence-corrected chi connectivity index (χ4v) is 3.07. The Kier molecular flexibility index (Phi) is 3.83. The summed E-state index contributed by atoms with van der Waals surface area (Å²) < 4.78 is 44.7. The molecule has 3 rings (SSSR count). The Labute approximate surface area is 157 Å². The molecule has 1 unspecified atom stereocenters. The number of carbonyl (C=O) groups is 2. The number of hydrogen-bond donors (Lipinski definition) is 1. The number of benzene rings is 1. The number of thioether (sulfide) groups is 1. The summed E-state index contributed by atoms with van der Waals surface area (Å²) >= 11 is 0.934. The lowest BCUT2D eigenvalue weighted by molar-refractivity contribution is -0.118. The molecule has 1 saturated heterocycles. The molecule has 1 fully saturated rings. The molecule has 0 radical (unpaired) electrons. The molecule has 1 aromatic heterocycles. The van der Waals surface area contributed by atoms with Crippen LogP contribution in [0.4, 0.5) is 10.6 Å². The van der Waals surface area contributed by atoms with E-state index >= 15 is 0 Å². The Hall–Kier alpha value is -2.54. The molecule has 1 atom stereocenters. The number of hydrogen-bond acceptors (Lipinski definition) is 6. The summed E-state index contributed by atoms with van der Waals surface area (Å²) in [6.07, 6.45) is 1.78. The van der Waals surface area contributed by atoms with E-state index in [0.29, 0.717) is 6.42 Å². The maximum absolute atomic E-state index is 11.7. The molecule has 2 heterocycles. The number of likely N-dealkylation sites (N-methyl/N-ethyl adjacent to an activating group) is 1. The molecule has 0 spiro atoms. The Morgan fingerprint density at radius 3 is 2.80 bits per heavy atom. The van der Waals surface area contributed by atoms with Gasteiger partial charge in [0.2, 0.25) is 5.91 Å². The average Bonchev–Trinajstić information content (AvgIpc) is 2.98. The van der Waals surface area contributed by atoms with Crippen molar-refractivity contribution in [2.45, 2.75) is 11.7 Å². The van der Waals surface area contributed by atoms with Gasteiger partial charge in [0.15, 0.2) is 0 Å². The van der Waals surface area contributed by atoms with Gasteiger partial charge in [-0.15, -0.1) is 0 Å². The lowest BCUT2D eigenvalue weighted by Crippen LogP contribution is -2.25. The second-order valence-corrected chi connectivity index (χ2v) is 6.43. The van der Waals surface area contributed by atoms with Crippen LogP contribution in [-0.4, -0.2) is 41.5 Å². The van der Waals surface area contributed by atoms with Gasteiger partial charge >= 0.3 is 0 Å². The SMILES string of the molecule is [2H]C([2H])(CN(c1ccccn1)C([2H])([2H])[2H])Oc1ccc(CC2SC(=O)NC2=O)cc1. The highest BCUT2D eigenvalue weighted by Gasteiger charge is 2.31. The maximum atomic E-state index is 11.7. The zero-order chi connectivity index (χ0) is 21.9. The number of amides is 2. The van der Waals surface area contributed by atoms with Gasteiger partial charge in [0, 0.05) is 17.3 Å². The van der Waals surface area contributed by atoms with Gasteiger partial charge in [-0.2, -0.15) is 0 Å². The van der Waals surface area contributed by atoms with Crippen molar-refractivity contribution < 1.29 is 21.2 Å². The molecule has 130 valence electrons. The quantitative estimate of drug-likeness (QED) is 0.816. The molecular formula is C18H19N3O3S. The van der Waals surface area contributed by atoms with E-state index in [-0.39, 0.29) is 22.7 Å². The van der Waals surface area contributed by atoms with Crippen molar-refractivity contribution >= 4 is 28.7 Å². The van der Waals surface area contributed by atoms with Crippen LogP contribution < -0.4 is 15.0 Å². The van der Waals surface area contributed by atoms with E-state index in [1.165, 1.54) is 24.4 Å². The standard InChI is InChI=1S/C18H19N3O3S/c1-21(16-4-2-3-9-19-16)10-11-24-14-7-5-13(6-8-14)12-15-17(22)20-18(23)25-15/h2-9,15H,10-12H2,1H3,(H,20,22,23)/i1D3,11D2. The predicted molar refractivity (Wildman–Crippen MR) is 98.1 cm³/mol. The number of rotatable bonds is 7. The van der Waals surface area contributed by atoms with Crippen LogP contribution in [0.15, 0.2) is 48.7 Å². The predicted octanol–water partition coefficient (Wildman–Crippen LogP) is 2.49. The number of pyridine rings is 1. The highest BCUT2D eigenvalue weighted by Crippen LogP contribution is 2.23. The highest BCUT2D eigenvalue weighted by atomic mass is 32.2. The zero-order valence-corrected chi connectivity index (χ0v) is 14.0. The van der Waals surface area contributed by atoms with E-state index < -0.39 is 25.3 Å². The fourth-order valence-electron chi connectivity index (χ4n) is 2.21. The molecule has 6 nitrogen and oxygen atoms in total. The topological polar surface area (TPSA) is 71.5 Å². The summed E-state index contributed by atoms with van der Waals surface area (Å²) in [5, 5.41) is 1.36. The maximum Gasteiger partial charge on any atom is 0.286 e. The van der Waals surface area contributed by atoms with Crippen LogP contribution in [0.1, 0.15) is 12.4 Å². The molecule has 1 N–H and O–H groups in total. The third kappa shape index (κ3) is 4.73. The Morgan fingerprint density at radius 1 is 1.32 bits per heavy atom. The molecule has 25 heavy (non-hydrogen) atoms. The summed E-state index contributed by atoms with van der Waals surface area (Å²) in [5.41, 5.74) is 0.780. The first-order chi connectivity index (χ1) is 14.0. The number of ether oxygens (including phenoxy) is 1. The number of imide groups is 1. The van der Waals surface area contributed by atoms with E-state index in [1.807, 2.05) is 0 Å². The van der Waals surface area contributed by atoms with Crippen molar-refractivity contribution in [2.75, 3.05) is 25.0 Å². The van der Waals surface area contributed by atoms with Crippen LogP contribution >= 0.6 is 11.8 Å². The van der Waals surface area contributed by atoms with Crippen LogP contribution in [0.3, 0.4) is 0 Å². The molecule has 1 aliphatic heterocycles. The van der Waals surface area contributed by atoms with Crippen molar-refractivity contribution in [1.82, 2.24) is 10.3 Å². The normalized spacial score (nSPS) is 20.6. The van der Waals surface area contributed by atoms with Crippen molar-refractivity contribution in [1.29, 1.82) is 0 Å². The van der Waals surface area contributed by atoms with Crippen LogP contribution in [0.5, 0.6) is 5.75 Å². The number of carbonyl (C=O) groups excluding carboxylic acids is 2. The number of anilines is 1. The van der Waals surface area contributed by atoms with Crippen molar-refractivity contribution in [3.8, 4) is 5.75 Å². The van der Waals surface area contributed by atoms with Gasteiger partial charge in [0.1, 0.15) is 18.1 Å². The first kappa shape index (κ1) is 11.9. The average molecular weight is 362 g/mol. The highest BCUT2D eigenvalue weighted by molar-refractivity contribution is 8.15. The smallest absolute Gasteiger partial charge is 0.286 e. The molecule has 2 amide bonds. The van der Waals surface area contributed by atoms with E-state index in [0.717, 1.165) is 22.2 Å². The minimum atomic E-state index is -2.61. The molecule has 0 aliphatic carbocycles. The monoisotopic (exact) mass is 362 g/mol. The minimum absolute atomic E-state index is 0.113. The van der Waals surface area contributed by atoms with Gasteiger partial charge in [-0.1, -0.05) is 30.0 Å². The Balaban J connectivity index is 1.67. The van der Waals surface area contributed by atoms with Crippen LogP contribution in [-0.2, 0) is 11.2 Å². The third-order valence-electron chi connectivity index (χ3n) is 3.45. The summed E-state index contributed by atoms with van der Waals surface area (Å²) in [5.74, 6) is -0.0157. The van der Waals surface area contributed by atoms with E-state index in [1.54, 1.807) is 24.3 Å². The third-order valence-corrected chi connectivity index (χ3v) is 4.43. The van der Waals surface area contributed by atoms with Gasteiger partial charge < -0.3 is 9.64 Å². The molecule has 1 aromatic carbocycles. The Morgan fingerprint density at radius 2 is 2.16 bits per heavy atom. The van der Waals surface area contributed by atoms with Crippen molar-refractivity contribution in [3.63, 3.8) is 0 Å². The van der Waals surface area contributed by atoms with Crippen LogP contribution in [0, 0.1) is 0 Å². The zero-order valence-electron chi connectivity index (χ0n) is 18.1. The summed E-state index contributed by atoms with van der Waals surface area (Å²) in [6.45, 7) is -5.49. The van der Waals surface area contributed by atoms with Gasteiger partial charge in [-0.05, 0) is 36.2 Å². The number of nitrogens with one attached hydrogen (secondary N) is 1.